The van der Waals surface area contributed by atoms with Gasteiger partial charge < -0.3 is 0 Å². The van der Waals surface area contributed by atoms with E-state index >= 15 is 0 Å². The Morgan fingerprint density at radius 1 is 0.684 bits per heavy atom. The minimum absolute atomic E-state index is 0.443. The average Bonchev–Trinajstić information content (AvgIpc) is 3.19. The summed E-state index contributed by atoms with van der Waals surface area (Å²) in [7, 11) is 0. The average molecular weight is 523 g/mol. The second-order valence-corrected chi connectivity index (χ2v) is 19.1. The highest BCUT2D eigenvalue weighted by atomic mass is 14.7. The van der Waals surface area contributed by atoms with Crippen molar-refractivity contribution in [3.05, 3.63) is 0 Å². The molecule has 6 saturated carbocycles. The first-order valence-electron chi connectivity index (χ1n) is 17.7. The van der Waals surface area contributed by atoms with E-state index < -0.39 is 0 Å². The predicted octanol–water partition coefficient (Wildman–Crippen LogP) is 11.9. The highest BCUT2D eigenvalue weighted by Gasteiger charge is 2.62. The minimum atomic E-state index is 0.443. The summed E-state index contributed by atoms with van der Waals surface area (Å²) in [6.45, 7) is 21.1. The van der Waals surface area contributed by atoms with Gasteiger partial charge in [0.15, 0.2) is 0 Å². The molecule has 0 saturated heterocycles. The molecule has 1 spiro atoms. The van der Waals surface area contributed by atoms with E-state index in [-0.39, 0.29) is 0 Å². The summed E-state index contributed by atoms with van der Waals surface area (Å²) >= 11 is 0. The molecule has 6 aliphatic rings. The summed E-state index contributed by atoms with van der Waals surface area (Å²) in [4.78, 5) is 0. The topological polar surface area (TPSA) is 0 Å². The molecule has 0 nitrogen and oxygen atoms in total. The lowest BCUT2D eigenvalue weighted by molar-refractivity contribution is -0.145. The van der Waals surface area contributed by atoms with Gasteiger partial charge in [-0.1, -0.05) is 61.8 Å². The molecule has 0 radical (unpaired) electrons. The highest BCUT2D eigenvalue weighted by molar-refractivity contribution is 5.11. The SMILES string of the molecule is C[C@H](CCC1(C)CCC2(CCC2)CC1)[C@H]1CC[C@H]2[C@@H]3CC[C@H]4C[C@](C)(C(C)(C)C)CC[C@]4(C)[C@H]3CC[C@]12C. The fourth-order valence-corrected chi connectivity index (χ4v) is 12.7. The summed E-state index contributed by atoms with van der Waals surface area (Å²) < 4.78 is 0. The van der Waals surface area contributed by atoms with Crippen molar-refractivity contribution in [1.29, 1.82) is 0 Å². The van der Waals surface area contributed by atoms with Crippen LogP contribution in [0.15, 0.2) is 0 Å². The molecule has 0 heteroatoms. The van der Waals surface area contributed by atoms with Crippen molar-refractivity contribution < 1.29 is 0 Å². The maximum absolute atomic E-state index is 2.80. The van der Waals surface area contributed by atoms with Crippen LogP contribution in [-0.2, 0) is 0 Å². The third-order valence-electron chi connectivity index (χ3n) is 16.7. The third kappa shape index (κ3) is 4.32. The van der Waals surface area contributed by atoms with Gasteiger partial charge in [-0.15, -0.1) is 0 Å². The number of rotatable bonds is 4. The van der Waals surface area contributed by atoms with Gasteiger partial charge in [-0.3, -0.25) is 0 Å². The summed E-state index contributed by atoms with van der Waals surface area (Å²) in [5.41, 5.74) is 3.72. The van der Waals surface area contributed by atoms with Crippen LogP contribution in [-0.4, -0.2) is 0 Å². The number of hydrogen-bond donors (Lipinski definition) is 0. The lowest BCUT2D eigenvalue weighted by Gasteiger charge is -2.64. The molecular weight excluding hydrogens is 456 g/mol. The van der Waals surface area contributed by atoms with Crippen LogP contribution >= 0.6 is 0 Å². The van der Waals surface area contributed by atoms with Crippen LogP contribution in [0.4, 0.5) is 0 Å². The molecule has 9 atom stereocenters. The number of fused-ring (bicyclic) bond motifs is 5. The largest absolute Gasteiger partial charge is 0.0622 e. The Morgan fingerprint density at radius 2 is 1.37 bits per heavy atom. The Morgan fingerprint density at radius 3 is 2.00 bits per heavy atom. The van der Waals surface area contributed by atoms with Crippen molar-refractivity contribution in [2.75, 3.05) is 0 Å². The second kappa shape index (κ2) is 9.25. The first kappa shape index (κ1) is 28.1. The summed E-state index contributed by atoms with van der Waals surface area (Å²) in [6.07, 6.45) is 27.6. The van der Waals surface area contributed by atoms with Gasteiger partial charge >= 0.3 is 0 Å². The van der Waals surface area contributed by atoms with E-state index in [1.165, 1.54) is 57.8 Å². The predicted molar refractivity (Wildman–Crippen MR) is 164 cm³/mol. The van der Waals surface area contributed by atoms with Gasteiger partial charge in [-0.25, -0.2) is 0 Å². The van der Waals surface area contributed by atoms with Crippen LogP contribution in [0.3, 0.4) is 0 Å². The van der Waals surface area contributed by atoms with E-state index in [0.717, 1.165) is 40.9 Å². The first-order valence-corrected chi connectivity index (χ1v) is 17.7. The first-order chi connectivity index (χ1) is 17.7. The van der Waals surface area contributed by atoms with Crippen molar-refractivity contribution in [3.8, 4) is 0 Å². The smallest absolute Gasteiger partial charge is 0.0264 e. The zero-order valence-electron chi connectivity index (χ0n) is 27.2. The van der Waals surface area contributed by atoms with Gasteiger partial charge in [0.05, 0.1) is 0 Å². The molecule has 6 fully saturated rings. The highest BCUT2D eigenvalue weighted by Crippen LogP contribution is 2.70. The van der Waals surface area contributed by atoms with E-state index in [4.69, 9.17) is 0 Å². The van der Waals surface area contributed by atoms with E-state index in [2.05, 4.69) is 55.4 Å². The Bertz CT molecular complexity index is 861. The minimum Gasteiger partial charge on any atom is -0.0622 e. The normalized spacial score (nSPS) is 48.5. The Kier molecular flexibility index (Phi) is 6.85. The fraction of sp³-hybridized carbons (Fsp3) is 1.00. The van der Waals surface area contributed by atoms with Gasteiger partial charge in [0.2, 0.25) is 0 Å². The third-order valence-corrected chi connectivity index (χ3v) is 16.7. The van der Waals surface area contributed by atoms with Gasteiger partial charge in [0.25, 0.3) is 0 Å². The Hall–Kier alpha value is 0. The molecule has 6 aliphatic carbocycles. The molecule has 0 amide bonds. The van der Waals surface area contributed by atoms with Gasteiger partial charge in [-0.05, 0) is 177 Å². The molecule has 0 aromatic rings. The molecule has 0 aromatic carbocycles. The van der Waals surface area contributed by atoms with Gasteiger partial charge in [-0.2, -0.15) is 0 Å². The molecule has 0 N–H and O–H groups in total. The molecule has 0 aliphatic heterocycles. The van der Waals surface area contributed by atoms with E-state index in [0.29, 0.717) is 27.1 Å². The van der Waals surface area contributed by atoms with Crippen molar-refractivity contribution in [3.63, 3.8) is 0 Å². The summed E-state index contributed by atoms with van der Waals surface area (Å²) in [5.74, 6) is 6.02. The zero-order chi connectivity index (χ0) is 27.2. The molecule has 0 bridgehead atoms. The van der Waals surface area contributed by atoms with Crippen LogP contribution in [0, 0.1) is 68.0 Å². The van der Waals surface area contributed by atoms with Crippen LogP contribution in [0.1, 0.15) is 171 Å². The molecule has 6 rings (SSSR count). The maximum atomic E-state index is 2.80. The molecule has 0 aromatic heterocycles. The van der Waals surface area contributed by atoms with E-state index in [9.17, 15) is 0 Å². The van der Waals surface area contributed by atoms with Crippen molar-refractivity contribution in [1.82, 2.24) is 0 Å². The zero-order valence-corrected chi connectivity index (χ0v) is 27.2. The molecular formula is C38H66. The summed E-state index contributed by atoms with van der Waals surface area (Å²) in [6, 6.07) is 0. The quantitative estimate of drug-likeness (QED) is 0.344. The lowest BCUT2D eigenvalue weighted by atomic mass is 9.41. The van der Waals surface area contributed by atoms with E-state index in [1.54, 1.807) is 57.8 Å². The van der Waals surface area contributed by atoms with Crippen LogP contribution in [0.5, 0.6) is 0 Å². The van der Waals surface area contributed by atoms with Gasteiger partial charge in [0.1, 0.15) is 0 Å². The molecule has 0 unspecified atom stereocenters. The van der Waals surface area contributed by atoms with Crippen LogP contribution in [0.25, 0.3) is 0 Å². The molecule has 218 valence electrons. The van der Waals surface area contributed by atoms with Crippen molar-refractivity contribution in [2.24, 2.45) is 68.0 Å². The second-order valence-electron chi connectivity index (χ2n) is 19.1. The Labute approximate surface area is 238 Å². The number of hydrogen-bond acceptors (Lipinski definition) is 0. The maximum Gasteiger partial charge on any atom is -0.0264 e. The van der Waals surface area contributed by atoms with Gasteiger partial charge in [0, 0.05) is 0 Å². The van der Waals surface area contributed by atoms with Crippen molar-refractivity contribution >= 4 is 0 Å². The standard InChI is InChI=1S/C38H66/c1-27(14-18-34(5)20-24-38(25-21-34)16-9-17-38)30-12-13-31-29-11-10-28-26-35(6,33(2,3)4)22-23-36(28,7)32(29)15-19-37(30,31)8/h27-32H,9-26H2,1-8H3/t27-,28+,29+,30-,31+,32+,35-,36+,37-/m1/s1. The summed E-state index contributed by atoms with van der Waals surface area (Å²) in [5, 5.41) is 0. The van der Waals surface area contributed by atoms with Crippen molar-refractivity contribution in [2.45, 2.75) is 171 Å². The molecule has 38 heavy (non-hydrogen) atoms. The Balaban J connectivity index is 1.10. The lowest BCUT2D eigenvalue weighted by Crippen LogP contribution is -2.55. The van der Waals surface area contributed by atoms with Crippen LogP contribution < -0.4 is 0 Å². The monoisotopic (exact) mass is 523 g/mol. The van der Waals surface area contributed by atoms with E-state index in [1.807, 2.05) is 0 Å². The molecule has 0 heterocycles. The van der Waals surface area contributed by atoms with Crippen LogP contribution in [0.2, 0.25) is 0 Å². The fourth-order valence-electron chi connectivity index (χ4n) is 12.7.